The summed E-state index contributed by atoms with van der Waals surface area (Å²) >= 11 is 5.44. The van der Waals surface area contributed by atoms with Crippen LogP contribution < -0.4 is 10.1 Å². The minimum atomic E-state index is -4.75. The van der Waals surface area contributed by atoms with Crippen molar-refractivity contribution in [3.8, 4) is 5.75 Å². The van der Waals surface area contributed by atoms with Crippen LogP contribution in [0.1, 0.15) is 18.4 Å². The van der Waals surface area contributed by atoms with Gasteiger partial charge in [-0.25, -0.2) is 0 Å². The lowest BCUT2D eigenvalue weighted by Crippen LogP contribution is -2.24. The molecule has 3 nitrogen and oxygen atoms in total. The number of nitrogens with one attached hydrogen (secondary N) is 1. The summed E-state index contributed by atoms with van der Waals surface area (Å²) in [5.74, 6) is -0.212. The number of rotatable bonds is 6. The van der Waals surface area contributed by atoms with Crippen LogP contribution in [0.2, 0.25) is 0 Å². The van der Waals surface area contributed by atoms with E-state index in [4.69, 9.17) is 11.6 Å². The van der Waals surface area contributed by atoms with E-state index >= 15 is 0 Å². The number of hydrogen-bond donors (Lipinski definition) is 1. The third-order valence-corrected chi connectivity index (χ3v) is 2.48. The Balaban J connectivity index is 2.60. The first-order valence-electron chi connectivity index (χ1n) is 5.58. The van der Waals surface area contributed by atoms with Crippen molar-refractivity contribution < 1.29 is 22.7 Å². The number of halogens is 4. The van der Waals surface area contributed by atoms with Crippen LogP contribution in [0.15, 0.2) is 24.3 Å². The number of carbonyl (C=O) groups is 1. The highest BCUT2D eigenvalue weighted by Gasteiger charge is 2.31. The highest BCUT2D eigenvalue weighted by atomic mass is 35.5. The molecule has 1 rings (SSSR count). The largest absolute Gasteiger partial charge is 0.573 e. The van der Waals surface area contributed by atoms with Gasteiger partial charge in [0.1, 0.15) is 5.75 Å². The second-order valence-electron chi connectivity index (χ2n) is 3.72. The number of benzene rings is 1. The summed E-state index contributed by atoms with van der Waals surface area (Å²) in [6.45, 7) is -0.0205. The summed E-state index contributed by atoms with van der Waals surface area (Å²) in [4.78, 5) is 11.3. The summed E-state index contributed by atoms with van der Waals surface area (Å²) in [5.41, 5.74) is 0.263. The predicted molar refractivity (Wildman–Crippen MR) is 64.9 cm³/mol. The van der Waals surface area contributed by atoms with Crippen LogP contribution in [-0.4, -0.2) is 18.1 Å². The Morgan fingerprint density at radius 2 is 2.00 bits per heavy atom. The maximum absolute atomic E-state index is 12.2. The number of ether oxygens (including phenoxy) is 1. The fourth-order valence-electron chi connectivity index (χ4n) is 1.38. The number of carbonyl (C=O) groups excluding carboxylic acids is 1. The standard InChI is InChI=1S/C12H13ClF3NO2/c13-7-3-6-11(18)17-8-9-4-1-2-5-10(9)19-12(14,15)16/h1-2,4-5H,3,6-8H2,(H,17,18). The Bertz CT molecular complexity index is 424. The maximum Gasteiger partial charge on any atom is 0.573 e. The van der Waals surface area contributed by atoms with Gasteiger partial charge in [0, 0.05) is 24.4 Å². The van der Waals surface area contributed by atoms with Gasteiger partial charge >= 0.3 is 6.36 Å². The molecule has 0 aliphatic heterocycles. The summed E-state index contributed by atoms with van der Waals surface area (Å²) in [5, 5.41) is 2.51. The van der Waals surface area contributed by atoms with Gasteiger partial charge in [-0.3, -0.25) is 4.79 Å². The van der Waals surface area contributed by atoms with Crippen LogP contribution in [0.5, 0.6) is 5.75 Å². The van der Waals surface area contributed by atoms with Crippen molar-refractivity contribution in [2.75, 3.05) is 5.88 Å². The molecule has 0 saturated heterocycles. The normalized spacial score (nSPS) is 11.2. The molecule has 0 saturated carbocycles. The molecule has 0 heterocycles. The lowest BCUT2D eigenvalue weighted by Gasteiger charge is -2.13. The second kappa shape index (κ2) is 7.23. The molecule has 0 radical (unpaired) electrons. The third-order valence-electron chi connectivity index (χ3n) is 2.21. The van der Waals surface area contributed by atoms with Crippen molar-refractivity contribution in [1.82, 2.24) is 5.32 Å². The van der Waals surface area contributed by atoms with Crippen molar-refractivity contribution >= 4 is 17.5 Å². The summed E-state index contributed by atoms with van der Waals surface area (Å²) < 4.78 is 40.4. The van der Waals surface area contributed by atoms with Gasteiger partial charge in [-0.15, -0.1) is 24.8 Å². The first-order chi connectivity index (χ1) is 8.92. The minimum absolute atomic E-state index is 0.0205. The zero-order chi connectivity index (χ0) is 14.3. The van der Waals surface area contributed by atoms with Crippen LogP contribution >= 0.6 is 11.6 Å². The van der Waals surface area contributed by atoms with Crippen LogP contribution in [0.4, 0.5) is 13.2 Å². The molecule has 0 aliphatic rings. The van der Waals surface area contributed by atoms with Crippen molar-refractivity contribution in [3.05, 3.63) is 29.8 Å². The molecule has 1 aromatic carbocycles. The highest BCUT2D eigenvalue weighted by molar-refractivity contribution is 6.17. The van der Waals surface area contributed by atoms with E-state index in [1.165, 1.54) is 18.2 Å². The first kappa shape index (κ1) is 15.6. The van der Waals surface area contributed by atoms with E-state index in [1.54, 1.807) is 6.07 Å². The Kier molecular flexibility index (Phi) is 5.95. The molecule has 7 heteroatoms. The van der Waals surface area contributed by atoms with E-state index < -0.39 is 6.36 Å². The average molecular weight is 296 g/mol. The van der Waals surface area contributed by atoms with Gasteiger partial charge in [-0.1, -0.05) is 18.2 Å². The van der Waals surface area contributed by atoms with Gasteiger partial charge in [0.15, 0.2) is 0 Å². The quantitative estimate of drug-likeness (QED) is 0.818. The molecule has 0 unspecified atom stereocenters. The Morgan fingerprint density at radius 1 is 1.32 bits per heavy atom. The minimum Gasteiger partial charge on any atom is -0.405 e. The SMILES string of the molecule is O=C(CCCCl)NCc1ccccc1OC(F)(F)F. The summed E-state index contributed by atoms with van der Waals surface area (Å²) in [6.07, 6.45) is -3.99. The zero-order valence-electron chi connectivity index (χ0n) is 9.97. The molecular weight excluding hydrogens is 283 g/mol. The molecule has 0 aliphatic carbocycles. The van der Waals surface area contributed by atoms with E-state index in [2.05, 4.69) is 10.1 Å². The zero-order valence-corrected chi connectivity index (χ0v) is 10.7. The van der Waals surface area contributed by atoms with Crippen LogP contribution in [0.25, 0.3) is 0 Å². The van der Waals surface area contributed by atoms with Crippen molar-refractivity contribution in [2.24, 2.45) is 0 Å². The molecule has 19 heavy (non-hydrogen) atoms. The first-order valence-corrected chi connectivity index (χ1v) is 6.12. The molecule has 0 aromatic heterocycles. The fraction of sp³-hybridized carbons (Fsp3) is 0.417. The molecule has 0 atom stereocenters. The van der Waals surface area contributed by atoms with Crippen LogP contribution in [0.3, 0.4) is 0 Å². The third kappa shape index (κ3) is 6.33. The van der Waals surface area contributed by atoms with Crippen LogP contribution in [0, 0.1) is 0 Å². The lowest BCUT2D eigenvalue weighted by molar-refractivity contribution is -0.274. The maximum atomic E-state index is 12.2. The van der Waals surface area contributed by atoms with E-state index in [-0.39, 0.29) is 30.2 Å². The van der Waals surface area contributed by atoms with Gasteiger partial charge in [0.25, 0.3) is 0 Å². The Morgan fingerprint density at radius 3 is 2.63 bits per heavy atom. The van der Waals surface area contributed by atoms with E-state index in [9.17, 15) is 18.0 Å². The van der Waals surface area contributed by atoms with Crippen molar-refractivity contribution in [3.63, 3.8) is 0 Å². The Labute approximate surface area is 113 Å². The molecular formula is C12H13ClF3NO2. The van der Waals surface area contributed by atoms with Crippen molar-refractivity contribution in [2.45, 2.75) is 25.7 Å². The molecule has 0 fully saturated rings. The fourth-order valence-corrected chi connectivity index (χ4v) is 1.52. The Hall–Kier alpha value is -1.43. The summed E-state index contributed by atoms with van der Waals surface area (Å²) in [7, 11) is 0. The summed E-state index contributed by atoms with van der Waals surface area (Å²) in [6, 6.07) is 5.67. The average Bonchev–Trinajstić information content (AvgIpc) is 2.33. The molecule has 0 spiro atoms. The highest BCUT2D eigenvalue weighted by Crippen LogP contribution is 2.26. The number of para-hydroxylation sites is 1. The molecule has 1 aromatic rings. The predicted octanol–water partition coefficient (Wildman–Crippen LogP) is 3.22. The van der Waals surface area contributed by atoms with E-state index in [0.717, 1.165) is 0 Å². The number of alkyl halides is 4. The molecule has 106 valence electrons. The second-order valence-corrected chi connectivity index (χ2v) is 4.10. The monoisotopic (exact) mass is 295 g/mol. The van der Waals surface area contributed by atoms with Crippen LogP contribution in [-0.2, 0) is 11.3 Å². The van der Waals surface area contributed by atoms with Gasteiger partial charge in [-0.05, 0) is 12.5 Å². The van der Waals surface area contributed by atoms with Gasteiger partial charge in [0.05, 0.1) is 0 Å². The van der Waals surface area contributed by atoms with E-state index in [1.807, 2.05) is 0 Å². The van der Waals surface area contributed by atoms with Gasteiger partial charge in [0.2, 0.25) is 5.91 Å². The number of hydrogen-bond acceptors (Lipinski definition) is 2. The lowest BCUT2D eigenvalue weighted by atomic mass is 10.2. The topological polar surface area (TPSA) is 38.3 Å². The smallest absolute Gasteiger partial charge is 0.405 e. The molecule has 0 bridgehead atoms. The molecule has 1 N–H and O–H groups in total. The molecule has 1 amide bonds. The van der Waals surface area contributed by atoms with Gasteiger partial charge < -0.3 is 10.1 Å². The van der Waals surface area contributed by atoms with Crippen molar-refractivity contribution in [1.29, 1.82) is 0 Å². The van der Waals surface area contributed by atoms with E-state index in [0.29, 0.717) is 12.3 Å². The van der Waals surface area contributed by atoms with Gasteiger partial charge in [-0.2, -0.15) is 0 Å². The number of amides is 1.